The minimum Gasteiger partial charge on any atom is -0.452 e. The molecule has 0 aromatic heterocycles. The number of ether oxygens (including phenoxy) is 1. The number of para-hydroxylation sites is 1. The van der Waals surface area contributed by atoms with Gasteiger partial charge in [-0.3, -0.25) is 19.3 Å². The van der Waals surface area contributed by atoms with Gasteiger partial charge in [-0.1, -0.05) is 31.2 Å². The Hall–Kier alpha value is -3.95. The molecule has 0 saturated carbocycles. The molecule has 1 heterocycles. The Balaban J connectivity index is 1.38. The average molecular weight is 486 g/mol. The van der Waals surface area contributed by atoms with Gasteiger partial charge < -0.3 is 10.1 Å². The molecule has 10 heteroatoms. The van der Waals surface area contributed by atoms with E-state index in [1.807, 2.05) is 19.1 Å². The molecule has 0 spiro atoms. The average Bonchev–Trinajstić information content (AvgIpc) is 3.08. The number of hydrogen-bond donors (Lipinski definition) is 1. The van der Waals surface area contributed by atoms with Gasteiger partial charge in [0, 0.05) is 0 Å². The third kappa shape index (κ3) is 4.82. The smallest absolute Gasteiger partial charge is 0.418 e. The number of carbonyl (C=O) groups excluding carboxylic acids is 4. The zero-order valence-electron chi connectivity index (χ0n) is 18.5. The first-order chi connectivity index (χ1) is 16.6. The summed E-state index contributed by atoms with van der Waals surface area (Å²) in [4.78, 5) is 51.1. The van der Waals surface area contributed by atoms with Crippen LogP contribution >= 0.6 is 0 Å². The van der Waals surface area contributed by atoms with E-state index in [0.717, 1.165) is 17.0 Å². The van der Waals surface area contributed by atoms with Gasteiger partial charge in [0.15, 0.2) is 6.61 Å². The molecule has 1 fully saturated rings. The fourth-order valence-electron chi connectivity index (χ4n) is 4.39. The molecule has 1 saturated heterocycles. The van der Waals surface area contributed by atoms with Gasteiger partial charge in [-0.25, -0.2) is 4.79 Å². The van der Waals surface area contributed by atoms with Crippen LogP contribution in [0, 0.1) is 17.8 Å². The lowest BCUT2D eigenvalue weighted by molar-refractivity contribution is -0.137. The molecule has 1 aliphatic heterocycles. The number of rotatable bonds is 5. The number of nitrogens with zero attached hydrogens (tertiary/aromatic N) is 1. The number of halogens is 3. The van der Waals surface area contributed by atoms with E-state index in [4.69, 9.17) is 4.74 Å². The van der Waals surface area contributed by atoms with Crippen LogP contribution in [-0.2, 0) is 25.3 Å². The van der Waals surface area contributed by atoms with Crippen molar-refractivity contribution in [2.24, 2.45) is 17.8 Å². The van der Waals surface area contributed by atoms with Crippen molar-refractivity contribution in [3.63, 3.8) is 0 Å². The fraction of sp³-hybridized carbons (Fsp3) is 0.280. The number of carbonyl (C=O) groups is 4. The maximum absolute atomic E-state index is 13.0. The monoisotopic (exact) mass is 486 g/mol. The quantitative estimate of drug-likeness (QED) is 0.389. The summed E-state index contributed by atoms with van der Waals surface area (Å²) in [6, 6.07) is 10.00. The first-order valence-corrected chi connectivity index (χ1v) is 10.9. The lowest BCUT2D eigenvalue weighted by atomic mass is 9.78. The standard InChI is InChI=1S/C25H21F3N2O5/c1-14-5-4-6-17-21(14)23(33)30(22(17)32)16-11-9-15(10-12-16)24(34)35-13-20(31)29-19-8-3-2-7-18(19)25(26,27)28/h2-5,7-12,14,17,21H,6,13H2,1H3,(H,29,31)/t14-,17-,21+/m1/s1. The molecule has 35 heavy (non-hydrogen) atoms. The van der Waals surface area contributed by atoms with Crippen molar-refractivity contribution in [2.75, 3.05) is 16.8 Å². The number of esters is 1. The Morgan fingerprint density at radius 1 is 1.06 bits per heavy atom. The predicted octanol–water partition coefficient (Wildman–Crippen LogP) is 4.20. The number of allylic oxidation sites excluding steroid dienone is 2. The highest BCUT2D eigenvalue weighted by Crippen LogP contribution is 2.40. The molecule has 3 atom stereocenters. The summed E-state index contributed by atoms with van der Waals surface area (Å²) in [6.45, 7) is 1.09. The van der Waals surface area contributed by atoms with E-state index in [0.29, 0.717) is 12.1 Å². The number of nitrogens with one attached hydrogen (secondary N) is 1. The van der Waals surface area contributed by atoms with E-state index in [9.17, 15) is 32.3 Å². The lowest BCUT2D eigenvalue weighted by Gasteiger charge is -2.22. The van der Waals surface area contributed by atoms with Gasteiger partial charge in [0.1, 0.15) is 0 Å². The molecule has 182 valence electrons. The van der Waals surface area contributed by atoms with E-state index >= 15 is 0 Å². The first kappa shape index (κ1) is 24.2. The Labute approximate surface area is 198 Å². The SMILES string of the molecule is C[C@@H]1C=CC[C@H]2C(=O)N(c3ccc(C(=O)OCC(=O)Nc4ccccc4C(F)(F)F)cc3)C(=O)[C@@H]12. The molecular formula is C25H21F3N2O5. The van der Waals surface area contributed by atoms with Crippen LogP contribution in [0.2, 0.25) is 0 Å². The van der Waals surface area contributed by atoms with Crippen LogP contribution < -0.4 is 10.2 Å². The molecule has 3 amide bonds. The number of imide groups is 1. The molecule has 0 bridgehead atoms. The van der Waals surface area contributed by atoms with Gasteiger partial charge in [0.25, 0.3) is 5.91 Å². The van der Waals surface area contributed by atoms with Crippen LogP contribution in [0.1, 0.15) is 29.3 Å². The van der Waals surface area contributed by atoms with Gasteiger partial charge in [-0.15, -0.1) is 0 Å². The summed E-state index contributed by atoms with van der Waals surface area (Å²) in [5.74, 6) is -3.29. The second-order valence-electron chi connectivity index (χ2n) is 8.38. The minimum absolute atomic E-state index is 0.0452. The van der Waals surface area contributed by atoms with E-state index in [1.54, 1.807) is 0 Å². The first-order valence-electron chi connectivity index (χ1n) is 10.9. The van der Waals surface area contributed by atoms with Crippen molar-refractivity contribution in [2.45, 2.75) is 19.5 Å². The summed E-state index contributed by atoms with van der Waals surface area (Å²) in [5, 5.41) is 2.08. The highest BCUT2D eigenvalue weighted by atomic mass is 19.4. The van der Waals surface area contributed by atoms with Crippen LogP contribution in [0.4, 0.5) is 24.5 Å². The highest BCUT2D eigenvalue weighted by Gasteiger charge is 2.50. The van der Waals surface area contributed by atoms with Crippen LogP contribution in [-0.4, -0.2) is 30.3 Å². The zero-order chi connectivity index (χ0) is 25.3. The van der Waals surface area contributed by atoms with Gasteiger partial charge in [0.05, 0.1) is 34.3 Å². The molecule has 2 aromatic carbocycles. The maximum atomic E-state index is 13.0. The van der Waals surface area contributed by atoms with Crippen molar-refractivity contribution < 1.29 is 37.1 Å². The maximum Gasteiger partial charge on any atom is 0.418 e. The Morgan fingerprint density at radius 2 is 1.74 bits per heavy atom. The summed E-state index contributed by atoms with van der Waals surface area (Å²) in [5.41, 5.74) is -1.11. The third-order valence-corrected chi connectivity index (χ3v) is 6.07. The van der Waals surface area contributed by atoms with Crippen LogP contribution in [0.15, 0.2) is 60.7 Å². The molecule has 0 radical (unpaired) electrons. The normalized spacial score (nSPS) is 21.6. The predicted molar refractivity (Wildman–Crippen MR) is 119 cm³/mol. The molecule has 7 nitrogen and oxygen atoms in total. The number of hydrogen-bond acceptors (Lipinski definition) is 5. The Morgan fingerprint density at radius 3 is 2.40 bits per heavy atom. The molecule has 1 N–H and O–H groups in total. The molecule has 2 aliphatic rings. The van der Waals surface area contributed by atoms with Crippen LogP contribution in [0.25, 0.3) is 0 Å². The van der Waals surface area contributed by atoms with Gasteiger partial charge in [-0.2, -0.15) is 13.2 Å². The summed E-state index contributed by atoms with van der Waals surface area (Å²) in [6.07, 6.45) is -0.340. The number of anilines is 2. The topological polar surface area (TPSA) is 92.8 Å². The van der Waals surface area contributed by atoms with Crippen molar-refractivity contribution >= 4 is 35.1 Å². The van der Waals surface area contributed by atoms with E-state index in [2.05, 4.69) is 5.32 Å². The number of amides is 3. The molecule has 2 aromatic rings. The number of benzene rings is 2. The van der Waals surface area contributed by atoms with Crippen molar-refractivity contribution in [1.82, 2.24) is 0 Å². The molecule has 4 rings (SSSR count). The fourth-order valence-corrected chi connectivity index (χ4v) is 4.39. The second-order valence-corrected chi connectivity index (χ2v) is 8.38. The van der Waals surface area contributed by atoms with Gasteiger partial charge in [0.2, 0.25) is 11.8 Å². The van der Waals surface area contributed by atoms with E-state index < -0.39 is 47.7 Å². The summed E-state index contributed by atoms with van der Waals surface area (Å²) >= 11 is 0. The largest absolute Gasteiger partial charge is 0.452 e. The number of fused-ring (bicyclic) bond motifs is 1. The number of alkyl halides is 3. The Bertz CT molecular complexity index is 1210. The van der Waals surface area contributed by atoms with Crippen LogP contribution in [0.5, 0.6) is 0 Å². The minimum atomic E-state index is -4.66. The molecular weight excluding hydrogens is 465 g/mol. The summed E-state index contributed by atoms with van der Waals surface area (Å²) < 4.78 is 44.0. The third-order valence-electron chi connectivity index (χ3n) is 6.07. The van der Waals surface area contributed by atoms with E-state index in [-0.39, 0.29) is 23.3 Å². The van der Waals surface area contributed by atoms with Crippen molar-refractivity contribution in [1.29, 1.82) is 0 Å². The molecule has 1 aliphatic carbocycles. The second kappa shape index (κ2) is 9.36. The molecule has 0 unspecified atom stereocenters. The summed E-state index contributed by atoms with van der Waals surface area (Å²) in [7, 11) is 0. The van der Waals surface area contributed by atoms with Gasteiger partial charge in [-0.05, 0) is 48.7 Å². The van der Waals surface area contributed by atoms with E-state index in [1.165, 1.54) is 36.4 Å². The van der Waals surface area contributed by atoms with Crippen molar-refractivity contribution in [3.8, 4) is 0 Å². The van der Waals surface area contributed by atoms with Crippen molar-refractivity contribution in [3.05, 3.63) is 71.8 Å². The highest BCUT2D eigenvalue weighted by molar-refractivity contribution is 6.22. The van der Waals surface area contributed by atoms with Gasteiger partial charge >= 0.3 is 12.1 Å². The lowest BCUT2D eigenvalue weighted by Crippen LogP contribution is -2.31. The Kier molecular flexibility index (Phi) is 6.47. The van der Waals surface area contributed by atoms with Crippen LogP contribution in [0.3, 0.4) is 0 Å². The zero-order valence-corrected chi connectivity index (χ0v) is 18.5.